The van der Waals surface area contributed by atoms with Gasteiger partial charge in [-0.25, -0.2) is 4.98 Å². The number of hydrogen-bond acceptors (Lipinski definition) is 17. The van der Waals surface area contributed by atoms with E-state index in [1.165, 1.54) is 26.2 Å². The molecule has 3 rings (SSSR count). The van der Waals surface area contributed by atoms with Crippen molar-refractivity contribution in [3.63, 3.8) is 0 Å². The third kappa shape index (κ3) is 17.8. The zero-order valence-corrected chi connectivity index (χ0v) is 38.1. The number of carbonyl (C=O) groups is 11. The Morgan fingerprint density at radius 1 is 0.672 bits per heavy atom. The largest absolute Gasteiger partial charge is 0.480 e. The van der Waals surface area contributed by atoms with Crippen LogP contribution in [0.2, 0.25) is 0 Å². The maximum absolute atomic E-state index is 15.0. The highest BCUT2D eigenvalue weighted by atomic mass is 32.2. The quantitative estimate of drug-likeness (QED) is 0.0497. The molecule has 1 heterocycles. The summed E-state index contributed by atoms with van der Waals surface area (Å²) in [7, 11) is 0. The highest BCUT2D eigenvalue weighted by Crippen LogP contribution is 2.48. The molecule has 1 fully saturated rings. The van der Waals surface area contributed by atoms with E-state index < -0.39 is 119 Å². The monoisotopic (exact) mass is 974 g/mol. The molecule has 364 valence electrons. The van der Waals surface area contributed by atoms with E-state index in [2.05, 4.69) is 31.2 Å². The molecular weight excluding hydrogens is 921 g/mol. The number of thioether (sulfide) groups is 2. The Hall–Kier alpha value is -6.31. The number of carboxylic acid groups (broad SMARTS) is 4. The second-order valence-corrected chi connectivity index (χ2v) is 17.9. The van der Waals surface area contributed by atoms with E-state index in [0.29, 0.717) is 24.0 Å². The van der Waals surface area contributed by atoms with Crippen molar-refractivity contribution >= 4 is 88.4 Å². The maximum atomic E-state index is 15.0. The average molecular weight is 975 g/mol. The second kappa shape index (κ2) is 26.7. The fourth-order valence-corrected chi connectivity index (χ4v) is 9.75. The van der Waals surface area contributed by atoms with Gasteiger partial charge in [0, 0.05) is 53.9 Å². The van der Waals surface area contributed by atoms with Gasteiger partial charge in [0.1, 0.15) is 48.7 Å². The molecule has 0 aliphatic heterocycles. The summed E-state index contributed by atoms with van der Waals surface area (Å²) in [6.45, 7) is 1.05. The Balaban J connectivity index is 2.05. The number of Topliss-reactive ketones (excluding diaryl/α,β-unsaturated/α-hetero) is 3. The Morgan fingerprint density at radius 3 is 1.54 bits per heavy atom. The van der Waals surface area contributed by atoms with E-state index in [-0.39, 0.29) is 60.1 Å². The molecule has 1 aliphatic rings. The van der Waals surface area contributed by atoms with Crippen molar-refractivity contribution in [3.05, 3.63) is 59.2 Å². The lowest BCUT2D eigenvalue weighted by Crippen LogP contribution is -2.50. The van der Waals surface area contributed by atoms with Gasteiger partial charge in [-0.15, -0.1) is 11.8 Å². The van der Waals surface area contributed by atoms with Gasteiger partial charge in [0.25, 0.3) is 0 Å². The molecule has 0 saturated heterocycles. The van der Waals surface area contributed by atoms with Crippen molar-refractivity contribution < 1.29 is 73.2 Å². The van der Waals surface area contributed by atoms with Crippen LogP contribution in [-0.2, 0) is 43.2 Å². The van der Waals surface area contributed by atoms with Crippen molar-refractivity contribution in [3.8, 4) is 0 Å². The Morgan fingerprint density at radius 2 is 1.13 bits per heavy atom. The Bertz CT molecular complexity index is 2010. The number of carbonyl (C=O) groups excluding carboxylic acids is 7. The van der Waals surface area contributed by atoms with E-state index in [1.807, 2.05) is 0 Å². The number of benzene rings is 1. The molecule has 25 heteroatoms. The van der Waals surface area contributed by atoms with Crippen LogP contribution in [-0.4, -0.2) is 144 Å². The molecule has 2 aromatic rings. The number of hydrogen-bond donors (Lipinski definition) is 10. The van der Waals surface area contributed by atoms with E-state index in [0.717, 1.165) is 23.5 Å². The standard InChI is InChI=1S/C42H54N8O15S2/c1-20(51)22-6-8-23(9-7-22)37(66-18-30(39(60)47-16-34(55)56)49-32(53)12-10-26(43)41(62)63)24-4-3-5-25(36(24)59)38(29-15-45-28(14-46-29)21(2)52)67-19-31(40(61)48-17-35(57)58)50-33(54)13-11-27(44)42(64)65/h6-9,14-15,24-27,30-31,37-38H,3-5,10-13,16-19,43-44H2,1-2H3,(H,47,60)(H,48,61)(H,49,53)(H,50,54)(H,55,56)(H,57,58)(H,62,63)(H,64,65)/t24?,25?,26-,27+,30+,31+,37?,38?/m1/s1. The number of ketones is 3. The summed E-state index contributed by atoms with van der Waals surface area (Å²) in [5, 5.41) is 44.5. The summed E-state index contributed by atoms with van der Waals surface area (Å²) in [4.78, 5) is 146. The van der Waals surface area contributed by atoms with Crippen molar-refractivity contribution in [2.45, 2.75) is 93.5 Å². The number of carboxylic acids is 4. The lowest BCUT2D eigenvalue weighted by Gasteiger charge is -2.37. The molecule has 12 N–H and O–H groups in total. The van der Waals surface area contributed by atoms with Gasteiger partial charge in [-0.1, -0.05) is 30.7 Å². The molecule has 1 aromatic heterocycles. The molecule has 67 heavy (non-hydrogen) atoms. The third-order valence-corrected chi connectivity index (χ3v) is 13.4. The predicted molar refractivity (Wildman–Crippen MR) is 240 cm³/mol. The van der Waals surface area contributed by atoms with Crippen molar-refractivity contribution in [2.24, 2.45) is 23.3 Å². The summed E-state index contributed by atoms with van der Waals surface area (Å²) in [6, 6.07) is 0.845. The van der Waals surface area contributed by atoms with Crippen LogP contribution in [0.3, 0.4) is 0 Å². The van der Waals surface area contributed by atoms with Crippen LogP contribution in [0.4, 0.5) is 0 Å². The SMILES string of the molecule is CC(=O)c1ccc(C(SC[C@H](NC(=O)CC[C@@H](N)C(=O)O)C(=O)NCC(=O)O)C2CCCC(C(SC[C@H](NC(=O)CC[C@H](N)C(=O)O)C(=O)NCC(=O)O)c3cnc(C(C)=O)cn3)C2=O)cc1. The van der Waals surface area contributed by atoms with Crippen molar-refractivity contribution in [1.82, 2.24) is 31.2 Å². The van der Waals surface area contributed by atoms with Gasteiger partial charge in [0.15, 0.2) is 11.6 Å². The van der Waals surface area contributed by atoms with E-state index in [4.69, 9.17) is 21.7 Å². The Labute approximate surface area is 392 Å². The van der Waals surface area contributed by atoms with Gasteiger partial charge in [0.05, 0.1) is 23.3 Å². The molecule has 1 aromatic carbocycles. The van der Waals surface area contributed by atoms with Crippen molar-refractivity contribution in [2.75, 3.05) is 24.6 Å². The van der Waals surface area contributed by atoms with Crippen LogP contribution in [0.1, 0.15) is 101 Å². The van der Waals surface area contributed by atoms with Crippen LogP contribution in [0.5, 0.6) is 0 Å². The lowest BCUT2D eigenvalue weighted by molar-refractivity contribution is -0.140. The van der Waals surface area contributed by atoms with Crippen LogP contribution in [0.15, 0.2) is 36.7 Å². The zero-order valence-electron chi connectivity index (χ0n) is 36.5. The normalized spacial score (nSPS) is 17.3. The highest BCUT2D eigenvalue weighted by Gasteiger charge is 2.43. The fourth-order valence-electron chi connectivity index (χ4n) is 6.84. The lowest BCUT2D eigenvalue weighted by atomic mass is 9.75. The number of aromatic nitrogens is 2. The topological polar surface area (TPSA) is 395 Å². The number of nitrogens with one attached hydrogen (secondary N) is 4. The molecule has 1 aliphatic carbocycles. The minimum absolute atomic E-state index is 0.0161. The van der Waals surface area contributed by atoms with Crippen LogP contribution in [0.25, 0.3) is 0 Å². The number of rotatable bonds is 28. The van der Waals surface area contributed by atoms with Gasteiger partial charge in [0.2, 0.25) is 23.6 Å². The van der Waals surface area contributed by atoms with Crippen LogP contribution < -0.4 is 32.7 Å². The molecule has 0 bridgehead atoms. The molecule has 0 spiro atoms. The molecular formula is C42H54N8O15S2. The predicted octanol–water partition coefficient (Wildman–Crippen LogP) is -0.129. The second-order valence-electron chi connectivity index (χ2n) is 15.5. The van der Waals surface area contributed by atoms with E-state index in [1.54, 1.807) is 24.3 Å². The molecule has 1 saturated carbocycles. The number of nitrogens with zero attached hydrogens (tertiary/aromatic N) is 2. The molecule has 0 radical (unpaired) electrons. The smallest absolute Gasteiger partial charge is 0.322 e. The molecule has 23 nitrogen and oxygen atoms in total. The number of aliphatic carboxylic acids is 4. The van der Waals surface area contributed by atoms with Gasteiger partial charge >= 0.3 is 23.9 Å². The van der Waals surface area contributed by atoms with Crippen molar-refractivity contribution in [1.29, 1.82) is 0 Å². The highest BCUT2D eigenvalue weighted by molar-refractivity contribution is 7.99. The van der Waals surface area contributed by atoms with E-state index >= 15 is 4.79 Å². The molecule has 4 amide bonds. The summed E-state index contributed by atoms with van der Waals surface area (Å²) < 4.78 is 0. The minimum atomic E-state index is -1.42. The zero-order chi connectivity index (χ0) is 50.0. The summed E-state index contributed by atoms with van der Waals surface area (Å²) in [5.74, 6) is -11.9. The first-order valence-corrected chi connectivity index (χ1v) is 22.9. The number of nitrogens with two attached hydrogens (primary N) is 2. The summed E-state index contributed by atoms with van der Waals surface area (Å²) in [6.07, 6.45) is 2.18. The minimum Gasteiger partial charge on any atom is -0.480 e. The Kier molecular flexibility index (Phi) is 22.0. The van der Waals surface area contributed by atoms with Gasteiger partial charge in [-0.2, -0.15) is 11.8 Å². The number of amides is 4. The molecule has 8 atom stereocenters. The van der Waals surface area contributed by atoms with E-state index in [9.17, 15) is 58.2 Å². The average Bonchev–Trinajstić information content (AvgIpc) is 3.28. The fraction of sp³-hybridized carbons (Fsp3) is 0.500. The van der Waals surface area contributed by atoms with Gasteiger partial charge < -0.3 is 53.2 Å². The maximum Gasteiger partial charge on any atom is 0.322 e. The first-order chi connectivity index (χ1) is 31.6. The van der Waals surface area contributed by atoms with Gasteiger partial charge in [-0.3, -0.25) is 57.7 Å². The summed E-state index contributed by atoms with van der Waals surface area (Å²) in [5.41, 5.74) is 12.2. The third-order valence-electron chi connectivity index (χ3n) is 10.5. The van der Waals surface area contributed by atoms with Crippen LogP contribution in [0, 0.1) is 11.8 Å². The van der Waals surface area contributed by atoms with Crippen LogP contribution >= 0.6 is 23.5 Å². The molecule has 4 unspecified atom stereocenters. The van der Waals surface area contributed by atoms with Gasteiger partial charge in [-0.05, 0) is 38.2 Å². The first-order valence-electron chi connectivity index (χ1n) is 20.8. The first kappa shape index (κ1) is 55.0. The summed E-state index contributed by atoms with van der Waals surface area (Å²) >= 11 is 2.10.